The zero-order valence-corrected chi connectivity index (χ0v) is 16.4. The van der Waals surface area contributed by atoms with E-state index in [4.69, 9.17) is 11.6 Å². The van der Waals surface area contributed by atoms with Crippen LogP contribution in [0.25, 0.3) is 0 Å². The van der Waals surface area contributed by atoms with Crippen LogP contribution in [0.1, 0.15) is 42.5 Å². The van der Waals surface area contributed by atoms with E-state index >= 15 is 0 Å². The molecule has 3 rings (SSSR count). The van der Waals surface area contributed by atoms with Gasteiger partial charge in [-0.1, -0.05) is 36.9 Å². The number of nitrogens with one attached hydrogen (secondary N) is 1. The fourth-order valence-corrected chi connectivity index (χ4v) is 5.58. The van der Waals surface area contributed by atoms with Crippen molar-refractivity contribution in [2.45, 2.75) is 37.0 Å². The summed E-state index contributed by atoms with van der Waals surface area (Å²) in [4.78, 5) is 14.7. The molecule has 1 saturated carbocycles. The highest BCUT2D eigenvalue weighted by Gasteiger charge is 2.33. The Hall–Kier alpha value is -1.37. The monoisotopic (exact) mass is 396 g/mol. The van der Waals surface area contributed by atoms with Crippen molar-refractivity contribution in [1.82, 2.24) is 9.62 Å². The number of sulfonamides is 1. The summed E-state index contributed by atoms with van der Waals surface area (Å²) in [5, 5.41) is 0.101. The molecule has 0 unspecified atom stereocenters. The summed E-state index contributed by atoms with van der Waals surface area (Å²) in [6, 6.07) is 4.46. The number of amides is 1. The minimum absolute atomic E-state index is 0.0700. The van der Waals surface area contributed by atoms with E-state index in [1.807, 2.05) is 4.90 Å². The number of fused-ring (bicyclic) bond motifs is 1. The SMILES string of the molecule is C=CCNS(=O)(=O)c1cc(C(=O)N2CC[C@@H]3CCCC[C@@H]3C2)ccc1Cl. The molecule has 1 aromatic rings. The molecule has 1 aromatic carbocycles. The summed E-state index contributed by atoms with van der Waals surface area (Å²) < 4.78 is 27.2. The van der Waals surface area contributed by atoms with Crippen LogP contribution in [0.3, 0.4) is 0 Å². The molecule has 0 aromatic heterocycles. The van der Waals surface area contributed by atoms with Crippen LogP contribution in [0.5, 0.6) is 0 Å². The Morgan fingerprint density at radius 3 is 2.73 bits per heavy atom. The van der Waals surface area contributed by atoms with Crippen molar-refractivity contribution in [2.75, 3.05) is 19.6 Å². The normalized spacial score (nSPS) is 23.3. The molecule has 2 fully saturated rings. The lowest BCUT2D eigenvalue weighted by molar-refractivity contribution is 0.0520. The molecule has 26 heavy (non-hydrogen) atoms. The maximum absolute atomic E-state index is 12.9. The van der Waals surface area contributed by atoms with Crippen LogP contribution in [-0.4, -0.2) is 38.9 Å². The maximum Gasteiger partial charge on any atom is 0.253 e. The number of likely N-dealkylation sites (tertiary alicyclic amines) is 1. The van der Waals surface area contributed by atoms with Crippen molar-refractivity contribution in [3.8, 4) is 0 Å². The molecular formula is C19H25ClN2O3S. The number of hydrogen-bond donors (Lipinski definition) is 1. The second-order valence-corrected chi connectivity index (χ2v) is 9.27. The van der Waals surface area contributed by atoms with E-state index in [-0.39, 0.29) is 22.4 Å². The van der Waals surface area contributed by atoms with Gasteiger partial charge >= 0.3 is 0 Å². The van der Waals surface area contributed by atoms with Gasteiger partial charge in [-0.3, -0.25) is 4.79 Å². The average Bonchev–Trinajstić information content (AvgIpc) is 2.65. The summed E-state index contributed by atoms with van der Waals surface area (Å²) in [6.45, 7) is 5.10. The van der Waals surface area contributed by atoms with Crippen LogP contribution >= 0.6 is 11.6 Å². The Labute approximate surface area is 160 Å². The zero-order chi connectivity index (χ0) is 18.7. The summed E-state index contributed by atoms with van der Waals surface area (Å²) >= 11 is 6.07. The highest BCUT2D eigenvalue weighted by atomic mass is 35.5. The van der Waals surface area contributed by atoms with Crippen molar-refractivity contribution in [3.05, 3.63) is 41.4 Å². The third kappa shape index (κ3) is 4.13. The van der Waals surface area contributed by atoms with Crippen LogP contribution in [0.15, 0.2) is 35.7 Å². The molecule has 0 spiro atoms. The first-order valence-corrected chi connectivity index (χ1v) is 11.0. The number of halogens is 1. The van der Waals surface area contributed by atoms with E-state index in [0.717, 1.165) is 25.4 Å². The van der Waals surface area contributed by atoms with Gasteiger partial charge in [0.1, 0.15) is 4.90 Å². The highest BCUT2D eigenvalue weighted by Crippen LogP contribution is 2.36. The fourth-order valence-electron chi connectivity index (χ4n) is 4.06. The van der Waals surface area contributed by atoms with Gasteiger partial charge in [0.2, 0.25) is 10.0 Å². The Bertz CT molecular complexity index is 794. The average molecular weight is 397 g/mol. The van der Waals surface area contributed by atoms with Gasteiger partial charge in [-0.05, 0) is 42.9 Å². The number of rotatable bonds is 5. The van der Waals surface area contributed by atoms with E-state index in [9.17, 15) is 13.2 Å². The van der Waals surface area contributed by atoms with Gasteiger partial charge in [0.05, 0.1) is 5.02 Å². The van der Waals surface area contributed by atoms with E-state index < -0.39 is 10.0 Å². The van der Waals surface area contributed by atoms with Crippen LogP contribution in [0, 0.1) is 11.8 Å². The Balaban J connectivity index is 1.79. The standard InChI is InChI=1S/C19H25ClN2O3S/c1-2-10-21-26(24,25)18-12-15(7-8-17(18)20)19(23)22-11-9-14-5-3-4-6-16(14)13-22/h2,7-8,12,14,16,21H,1,3-6,9-11,13H2/t14-,16+/m0/s1. The first-order valence-electron chi connectivity index (χ1n) is 9.12. The van der Waals surface area contributed by atoms with E-state index in [1.54, 1.807) is 6.07 Å². The van der Waals surface area contributed by atoms with Gasteiger partial charge in [-0.2, -0.15) is 0 Å². The molecular weight excluding hydrogens is 372 g/mol. The topological polar surface area (TPSA) is 66.5 Å². The summed E-state index contributed by atoms with van der Waals surface area (Å²) in [5.74, 6) is 1.19. The molecule has 1 aliphatic carbocycles. The number of nitrogens with zero attached hydrogens (tertiary/aromatic N) is 1. The Morgan fingerprint density at radius 1 is 1.27 bits per heavy atom. The number of piperidine rings is 1. The van der Waals surface area contributed by atoms with Gasteiger partial charge in [-0.15, -0.1) is 6.58 Å². The summed E-state index contributed by atoms with van der Waals surface area (Å²) in [7, 11) is -3.78. The minimum atomic E-state index is -3.78. The van der Waals surface area contributed by atoms with Gasteiger partial charge < -0.3 is 4.90 Å². The molecule has 0 radical (unpaired) electrons. The first kappa shape index (κ1) is 19.4. The summed E-state index contributed by atoms with van der Waals surface area (Å²) in [6.07, 6.45) is 7.47. The van der Waals surface area contributed by atoms with E-state index in [1.165, 1.54) is 43.9 Å². The number of hydrogen-bond acceptors (Lipinski definition) is 3. The lowest BCUT2D eigenvalue weighted by Gasteiger charge is -2.41. The molecule has 1 heterocycles. The second-order valence-electron chi connectivity index (χ2n) is 7.13. The van der Waals surface area contributed by atoms with E-state index in [2.05, 4.69) is 11.3 Å². The third-order valence-electron chi connectivity index (χ3n) is 5.46. The van der Waals surface area contributed by atoms with Gasteiger partial charge in [0.25, 0.3) is 5.91 Å². The van der Waals surface area contributed by atoms with Crippen molar-refractivity contribution >= 4 is 27.5 Å². The third-order valence-corrected chi connectivity index (χ3v) is 7.37. The molecule has 1 saturated heterocycles. The zero-order valence-electron chi connectivity index (χ0n) is 14.8. The van der Waals surface area contributed by atoms with Crippen molar-refractivity contribution in [3.63, 3.8) is 0 Å². The predicted molar refractivity (Wildman–Crippen MR) is 103 cm³/mol. The van der Waals surface area contributed by atoms with Gasteiger partial charge in [0, 0.05) is 25.2 Å². The minimum Gasteiger partial charge on any atom is -0.338 e. The van der Waals surface area contributed by atoms with Crippen molar-refractivity contribution < 1.29 is 13.2 Å². The number of carbonyl (C=O) groups is 1. The lowest BCUT2D eigenvalue weighted by atomic mass is 9.75. The Kier molecular flexibility index (Phi) is 6.05. The Morgan fingerprint density at radius 2 is 2.00 bits per heavy atom. The van der Waals surface area contributed by atoms with Crippen LogP contribution < -0.4 is 4.72 Å². The quantitative estimate of drug-likeness (QED) is 0.775. The predicted octanol–water partition coefficient (Wildman–Crippen LogP) is 3.46. The van der Waals surface area contributed by atoms with Crippen LogP contribution in [-0.2, 0) is 10.0 Å². The molecule has 0 bridgehead atoms. The van der Waals surface area contributed by atoms with Crippen molar-refractivity contribution in [1.29, 1.82) is 0 Å². The fraction of sp³-hybridized carbons (Fsp3) is 0.526. The maximum atomic E-state index is 12.9. The molecule has 2 atom stereocenters. The molecule has 142 valence electrons. The van der Waals surface area contributed by atoms with Gasteiger partial charge in [-0.25, -0.2) is 13.1 Å². The molecule has 5 nitrogen and oxygen atoms in total. The molecule has 1 N–H and O–H groups in total. The second kappa shape index (κ2) is 8.11. The van der Waals surface area contributed by atoms with Crippen molar-refractivity contribution in [2.24, 2.45) is 11.8 Å². The van der Waals surface area contributed by atoms with Gasteiger partial charge in [0.15, 0.2) is 0 Å². The van der Waals surface area contributed by atoms with E-state index in [0.29, 0.717) is 11.5 Å². The highest BCUT2D eigenvalue weighted by molar-refractivity contribution is 7.89. The molecule has 7 heteroatoms. The largest absolute Gasteiger partial charge is 0.338 e. The first-order chi connectivity index (χ1) is 12.4. The smallest absolute Gasteiger partial charge is 0.253 e. The molecule has 2 aliphatic rings. The lowest BCUT2D eigenvalue weighted by Crippen LogP contribution is -2.44. The molecule has 1 aliphatic heterocycles. The summed E-state index contributed by atoms with van der Waals surface area (Å²) in [5.41, 5.74) is 0.364. The van der Waals surface area contributed by atoms with Crippen LogP contribution in [0.2, 0.25) is 5.02 Å². The van der Waals surface area contributed by atoms with Crippen LogP contribution in [0.4, 0.5) is 0 Å². The number of carbonyl (C=O) groups excluding carboxylic acids is 1. The number of benzene rings is 1. The molecule has 1 amide bonds.